The van der Waals surface area contributed by atoms with Crippen molar-refractivity contribution >= 4 is 53.5 Å². The number of aromatic nitrogens is 1. The van der Waals surface area contributed by atoms with E-state index in [1.54, 1.807) is 6.20 Å². The molecule has 2 aromatic carbocycles. The highest BCUT2D eigenvalue weighted by Gasteiger charge is 2.10. The van der Waals surface area contributed by atoms with Gasteiger partial charge < -0.3 is 0 Å². The van der Waals surface area contributed by atoms with E-state index >= 15 is 0 Å². The smallest absolute Gasteiger partial charge is 0.212 e. The highest BCUT2D eigenvalue weighted by atomic mass is 79.9. The van der Waals surface area contributed by atoms with Crippen LogP contribution in [0, 0.1) is 0 Å². The number of halogens is 2. The van der Waals surface area contributed by atoms with Gasteiger partial charge >= 0.3 is 0 Å². The highest BCUT2D eigenvalue weighted by molar-refractivity contribution is 9.13. The monoisotopic (exact) mass is 363 g/mol. The van der Waals surface area contributed by atoms with E-state index in [-0.39, 0.29) is 5.43 Å². The largest absolute Gasteiger partial charge is 0.287 e. The van der Waals surface area contributed by atoms with Gasteiger partial charge in [-0.15, -0.1) is 0 Å². The van der Waals surface area contributed by atoms with Crippen molar-refractivity contribution < 1.29 is 0 Å². The van der Waals surface area contributed by atoms with E-state index in [1.165, 1.54) is 0 Å². The zero-order chi connectivity index (χ0) is 12.7. The van der Waals surface area contributed by atoms with Crippen molar-refractivity contribution in [2.75, 3.05) is 0 Å². The Labute approximate surface area is 120 Å². The maximum atomic E-state index is 12.5. The molecule has 0 saturated heterocycles. The lowest BCUT2D eigenvalue weighted by Crippen LogP contribution is -1.99. The predicted molar refractivity (Wildman–Crippen MR) is 80.9 cm³/mol. The van der Waals surface area contributed by atoms with Gasteiger partial charge in [0.25, 0.3) is 0 Å². The van der Waals surface area contributed by atoms with Crippen molar-refractivity contribution in [2.45, 2.75) is 0 Å². The average Bonchev–Trinajstić information content (AvgIpc) is 2.51. The molecule has 0 atom stereocenters. The Kier molecular flexibility index (Phi) is 2.92. The zero-order valence-corrected chi connectivity index (χ0v) is 12.3. The lowest BCUT2D eigenvalue weighted by atomic mass is 10.2. The molecule has 0 saturated carbocycles. The van der Waals surface area contributed by atoms with Crippen molar-refractivity contribution in [1.29, 1.82) is 0 Å². The van der Waals surface area contributed by atoms with Gasteiger partial charge in [0.15, 0.2) is 0 Å². The number of hydrogen-bond donors (Lipinski definition) is 0. The normalized spacial score (nSPS) is 11.0. The van der Waals surface area contributed by atoms with Crippen molar-refractivity contribution in [2.24, 2.45) is 0 Å². The van der Waals surface area contributed by atoms with Crippen LogP contribution >= 0.6 is 31.9 Å². The van der Waals surface area contributed by atoms with Gasteiger partial charge in [-0.05, 0) is 44.0 Å². The minimum absolute atomic E-state index is 0.0485. The number of pyridine rings is 1. The number of fused-ring (bicyclic) bond motifs is 2. The van der Waals surface area contributed by atoms with Crippen molar-refractivity contribution in [3.63, 3.8) is 0 Å². The van der Waals surface area contributed by atoms with Gasteiger partial charge in [0, 0.05) is 31.3 Å². The average molecular weight is 365 g/mol. The highest BCUT2D eigenvalue weighted by Crippen LogP contribution is 2.33. The second-order valence-corrected chi connectivity index (χ2v) is 5.49. The Hall–Kier alpha value is -1.26. The Morgan fingerprint density at radius 1 is 0.833 bits per heavy atom. The van der Waals surface area contributed by atoms with Crippen LogP contribution in [0.15, 0.2) is 56.3 Å². The molecule has 0 aliphatic rings. The molecule has 1 aromatic heterocycles. The molecule has 0 unspecified atom stereocenters. The van der Waals surface area contributed by atoms with E-state index < -0.39 is 0 Å². The summed E-state index contributed by atoms with van der Waals surface area (Å²) in [7, 11) is 0. The standard InChI is InChI=1S/C14H7Br2NO/c15-11-8-4-1-2-5-9(8)14(18)13-10(12(11)16)6-3-7-17-13/h1-7H. The van der Waals surface area contributed by atoms with E-state index in [1.807, 2.05) is 36.4 Å². The van der Waals surface area contributed by atoms with Gasteiger partial charge in [-0.2, -0.15) is 0 Å². The fraction of sp³-hybridized carbons (Fsp3) is 0. The fourth-order valence-corrected chi connectivity index (χ4v) is 3.09. The molecule has 0 fully saturated rings. The van der Waals surface area contributed by atoms with E-state index in [4.69, 9.17) is 0 Å². The molecular formula is C14H7Br2NO. The molecule has 0 aliphatic carbocycles. The quantitative estimate of drug-likeness (QED) is 0.596. The van der Waals surface area contributed by atoms with Gasteiger partial charge in [0.2, 0.25) is 5.43 Å². The Morgan fingerprint density at radius 3 is 2.22 bits per heavy atom. The van der Waals surface area contributed by atoms with Crippen LogP contribution in [-0.2, 0) is 0 Å². The van der Waals surface area contributed by atoms with Gasteiger partial charge in [-0.25, -0.2) is 0 Å². The van der Waals surface area contributed by atoms with Crippen molar-refractivity contribution in [1.82, 2.24) is 4.98 Å². The third kappa shape index (κ3) is 1.68. The van der Waals surface area contributed by atoms with Crippen LogP contribution in [0.1, 0.15) is 0 Å². The van der Waals surface area contributed by atoms with E-state index in [2.05, 4.69) is 36.8 Å². The first-order valence-electron chi connectivity index (χ1n) is 5.35. The van der Waals surface area contributed by atoms with Gasteiger partial charge in [0.1, 0.15) is 5.52 Å². The first-order chi connectivity index (χ1) is 8.70. The first kappa shape index (κ1) is 11.8. The van der Waals surface area contributed by atoms with Crippen molar-refractivity contribution in [3.8, 4) is 0 Å². The zero-order valence-electron chi connectivity index (χ0n) is 9.15. The van der Waals surface area contributed by atoms with Gasteiger partial charge in [-0.3, -0.25) is 9.78 Å². The molecule has 3 rings (SSSR count). The molecule has 0 spiro atoms. The van der Waals surface area contributed by atoms with E-state index in [0.717, 1.165) is 19.7 Å². The maximum absolute atomic E-state index is 12.5. The predicted octanol–water partition coefficient (Wildman–Crippen LogP) is 4.27. The van der Waals surface area contributed by atoms with Crippen LogP contribution in [0.3, 0.4) is 0 Å². The number of rotatable bonds is 0. The summed E-state index contributed by atoms with van der Waals surface area (Å²) in [6, 6.07) is 11.2. The van der Waals surface area contributed by atoms with Gasteiger partial charge in [0.05, 0.1) is 0 Å². The molecular weight excluding hydrogens is 358 g/mol. The molecule has 3 aromatic rings. The molecule has 1 heterocycles. The summed E-state index contributed by atoms with van der Waals surface area (Å²) in [5, 5.41) is 2.36. The fourth-order valence-electron chi connectivity index (χ4n) is 2.00. The summed E-state index contributed by atoms with van der Waals surface area (Å²) in [6.45, 7) is 0. The Balaban J connectivity index is 2.79. The number of hydrogen-bond acceptors (Lipinski definition) is 2. The second-order valence-electron chi connectivity index (χ2n) is 3.90. The Morgan fingerprint density at radius 2 is 1.44 bits per heavy atom. The molecule has 0 amide bonds. The maximum Gasteiger partial charge on any atom is 0.212 e. The molecule has 88 valence electrons. The van der Waals surface area contributed by atoms with E-state index in [0.29, 0.717) is 10.9 Å². The molecule has 0 bridgehead atoms. The first-order valence-corrected chi connectivity index (χ1v) is 6.93. The SMILES string of the molecule is O=c1c2ccccc2c(Br)c(Br)c2cccnc12. The van der Waals surface area contributed by atoms with E-state index in [9.17, 15) is 4.79 Å². The summed E-state index contributed by atoms with van der Waals surface area (Å²) in [5.74, 6) is 0. The third-order valence-electron chi connectivity index (χ3n) is 2.86. The van der Waals surface area contributed by atoms with Crippen LogP contribution in [0.5, 0.6) is 0 Å². The molecule has 0 radical (unpaired) electrons. The second kappa shape index (κ2) is 4.44. The van der Waals surface area contributed by atoms with Crippen LogP contribution in [0.4, 0.5) is 0 Å². The van der Waals surface area contributed by atoms with Crippen LogP contribution in [-0.4, -0.2) is 4.98 Å². The third-order valence-corrected chi connectivity index (χ3v) is 5.04. The lowest BCUT2D eigenvalue weighted by Gasteiger charge is -1.96. The van der Waals surface area contributed by atoms with Crippen molar-refractivity contribution in [3.05, 3.63) is 61.8 Å². The molecule has 2 nitrogen and oxygen atoms in total. The van der Waals surface area contributed by atoms with Crippen LogP contribution < -0.4 is 5.43 Å². The Bertz CT molecular complexity index is 763. The number of nitrogens with zero attached hydrogens (tertiary/aromatic N) is 1. The minimum atomic E-state index is -0.0485. The summed E-state index contributed by atoms with van der Waals surface area (Å²) >= 11 is 7.09. The summed E-state index contributed by atoms with van der Waals surface area (Å²) in [5.41, 5.74) is 0.430. The molecule has 18 heavy (non-hydrogen) atoms. The van der Waals surface area contributed by atoms with Gasteiger partial charge in [-0.1, -0.05) is 24.3 Å². The lowest BCUT2D eigenvalue weighted by molar-refractivity contribution is 1.40. The topological polar surface area (TPSA) is 30.0 Å². The summed E-state index contributed by atoms with van der Waals surface area (Å²) in [6.07, 6.45) is 1.64. The molecule has 0 N–H and O–H groups in total. The minimum Gasteiger partial charge on any atom is -0.287 e. The number of benzene rings is 1. The van der Waals surface area contributed by atoms with Crippen LogP contribution in [0.25, 0.3) is 21.7 Å². The van der Waals surface area contributed by atoms with Crippen LogP contribution in [0.2, 0.25) is 0 Å². The summed E-state index contributed by atoms with van der Waals surface area (Å²) < 4.78 is 1.72. The summed E-state index contributed by atoms with van der Waals surface area (Å²) in [4.78, 5) is 16.7. The molecule has 4 heteroatoms. The molecule has 0 aliphatic heterocycles.